The van der Waals surface area contributed by atoms with E-state index in [0.29, 0.717) is 17.1 Å². The fourth-order valence-electron chi connectivity index (χ4n) is 3.13. The third-order valence-electron chi connectivity index (χ3n) is 4.62. The fourth-order valence-corrected chi connectivity index (χ4v) is 3.79. The molecule has 0 bridgehead atoms. The van der Waals surface area contributed by atoms with Gasteiger partial charge in [-0.15, -0.1) is 0 Å². The van der Waals surface area contributed by atoms with Crippen molar-refractivity contribution in [2.24, 2.45) is 5.16 Å². The maximum atomic E-state index is 11.0. The van der Waals surface area contributed by atoms with Gasteiger partial charge in [-0.1, -0.05) is 48.5 Å². The van der Waals surface area contributed by atoms with Crippen molar-refractivity contribution in [3.8, 4) is 22.6 Å². The average Bonchev–Trinajstić information content (AvgIpc) is 3.31. The topological polar surface area (TPSA) is 77.4 Å². The number of rotatable bonds is 11. The quantitative estimate of drug-likeness (QED) is 0.250. The van der Waals surface area contributed by atoms with E-state index in [0.717, 1.165) is 17.7 Å². The van der Waals surface area contributed by atoms with E-state index in [-0.39, 0.29) is 19.6 Å². The zero-order chi connectivity index (χ0) is 22.1. The van der Waals surface area contributed by atoms with E-state index in [1.54, 1.807) is 29.5 Å². The lowest BCUT2D eigenvalue weighted by Gasteiger charge is -2.13. The van der Waals surface area contributed by atoms with Gasteiger partial charge in [0.2, 0.25) is 0 Å². The standard InChI is InChI=1S/C24H25NO5S/c1-3-21(18-9-7-17(8-10-18)20-11-14-31-16-20)25-30-13-12-29-22-6-4-5-19(15-23(26)27)24(22)28-2/h4-11,14,16H,3,12-13,15H2,1-2H3,(H,26,27)/b25-21+. The van der Waals surface area contributed by atoms with E-state index >= 15 is 0 Å². The molecule has 0 radical (unpaired) electrons. The summed E-state index contributed by atoms with van der Waals surface area (Å²) in [7, 11) is 1.49. The van der Waals surface area contributed by atoms with Crippen LogP contribution in [0, 0.1) is 0 Å². The van der Waals surface area contributed by atoms with Crippen molar-refractivity contribution in [2.45, 2.75) is 19.8 Å². The highest BCUT2D eigenvalue weighted by Crippen LogP contribution is 2.31. The third-order valence-corrected chi connectivity index (χ3v) is 5.30. The number of carboxylic acid groups (broad SMARTS) is 1. The van der Waals surface area contributed by atoms with Crippen LogP contribution in [-0.4, -0.2) is 37.1 Å². The van der Waals surface area contributed by atoms with Crippen LogP contribution < -0.4 is 9.47 Å². The molecule has 2 aromatic carbocycles. The van der Waals surface area contributed by atoms with Gasteiger partial charge in [-0.25, -0.2) is 0 Å². The molecule has 1 heterocycles. The van der Waals surface area contributed by atoms with Crippen LogP contribution in [0.1, 0.15) is 24.5 Å². The summed E-state index contributed by atoms with van der Waals surface area (Å²) in [6.45, 7) is 2.54. The van der Waals surface area contributed by atoms with E-state index in [2.05, 4.69) is 34.1 Å². The van der Waals surface area contributed by atoms with Crippen molar-refractivity contribution in [3.05, 3.63) is 70.4 Å². The average molecular weight is 440 g/mol. The summed E-state index contributed by atoms with van der Waals surface area (Å²) in [6, 6.07) is 15.6. The molecular formula is C24H25NO5S. The minimum absolute atomic E-state index is 0.133. The Morgan fingerprint density at radius 1 is 1.06 bits per heavy atom. The predicted molar refractivity (Wildman–Crippen MR) is 122 cm³/mol. The smallest absolute Gasteiger partial charge is 0.307 e. The van der Waals surface area contributed by atoms with Crippen LogP contribution in [0.15, 0.2) is 64.4 Å². The zero-order valence-electron chi connectivity index (χ0n) is 17.5. The summed E-state index contributed by atoms with van der Waals surface area (Å²) >= 11 is 1.68. The minimum Gasteiger partial charge on any atom is -0.493 e. The normalized spacial score (nSPS) is 11.2. The first kappa shape index (κ1) is 22.4. The summed E-state index contributed by atoms with van der Waals surface area (Å²) < 4.78 is 11.0. The first-order chi connectivity index (χ1) is 15.1. The number of carbonyl (C=O) groups is 1. The van der Waals surface area contributed by atoms with Gasteiger partial charge in [0.15, 0.2) is 18.1 Å². The summed E-state index contributed by atoms with van der Waals surface area (Å²) in [5.74, 6) is -0.0227. The SMILES string of the molecule is CC/C(=N\OCCOc1cccc(CC(=O)O)c1OC)c1ccc(-c2ccsc2)cc1. The molecule has 0 saturated heterocycles. The van der Waals surface area contributed by atoms with Crippen LogP contribution in [0.4, 0.5) is 0 Å². The number of benzene rings is 2. The van der Waals surface area contributed by atoms with Gasteiger partial charge in [-0.05, 0) is 46.0 Å². The molecule has 0 aliphatic heterocycles. The van der Waals surface area contributed by atoms with E-state index in [1.807, 2.05) is 19.1 Å². The van der Waals surface area contributed by atoms with Crippen LogP contribution >= 0.6 is 11.3 Å². The number of oxime groups is 1. The molecule has 0 saturated carbocycles. The van der Waals surface area contributed by atoms with Gasteiger partial charge in [0.05, 0.1) is 19.2 Å². The Morgan fingerprint density at radius 3 is 2.52 bits per heavy atom. The van der Waals surface area contributed by atoms with Crippen LogP contribution in [0.2, 0.25) is 0 Å². The largest absolute Gasteiger partial charge is 0.493 e. The molecule has 0 unspecified atom stereocenters. The molecule has 0 aliphatic carbocycles. The molecular weight excluding hydrogens is 414 g/mol. The highest BCUT2D eigenvalue weighted by molar-refractivity contribution is 7.08. The molecule has 0 fully saturated rings. The fraction of sp³-hybridized carbons (Fsp3) is 0.250. The Balaban J connectivity index is 1.56. The van der Waals surface area contributed by atoms with Crippen LogP contribution in [0.5, 0.6) is 11.5 Å². The first-order valence-corrected chi connectivity index (χ1v) is 10.9. The molecule has 3 aromatic rings. The highest BCUT2D eigenvalue weighted by Gasteiger charge is 2.13. The van der Waals surface area contributed by atoms with E-state index in [1.165, 1.54) is 18.2 Å². The number of para-hydroxylation sites is 1. The van der Waals surface area contributed by atoms with Gasteiger partial charge in [0.1, 0.15) is 6.61 Å². The molecule has 31 heavy (non-hydrogen) atoms. The number of ether oxygens (including phenoxy) is 2. The lowest BCUT2D eigenvalue weighted by molar-refractivity contribution is -0.136. The molecule has 0 atom stereocenters. The van der Waals surface area contributed by atoms with Crippen molar-refractivity contribution < 1.29 is 24.2 Å². The van der Waals surface area contributed by atoms with Crippen LogP contribution in [0.3, 0.4) is 0 Å². The number of hydrogen-bond donors (Lipinski definition) is 1. The molecule has 3 rings (SSSR count). The second-order valence-corrected chi connectivity index (χ2v) is 7.46. The van der Waals surface area contributed by atoms with Gasteiger partial charge in [0.25, 0.3) is 0 Å². The lowest BCUT2D eigenvalue weighted by Crippen LogP contribution is -2.09. The maximum Gasteiger partial charge on any atom is 0.307 e. The lowest BCUT2D eigenvalue weighted by atomic mass is 10.0. The van der Waals surface area contributed by atoms with Gasteiger partial charge < -0.3 is 19.4 Å². The molecule has 1 aromatic heterocycles. The zero-order valence-corrected chi connectivity index (χ0v) is 18.4. The summed E-state index contributed by atoms with van der Waals surface area (Å²) in [5, 5.41) is 17.5. The van der Waals surface area contributed by atoms with Crippen molar-refractivity contribution in [3.63, 3.8) is 0 Å². The molecule has 0 amide bonds. The number of thiophene rings is 1. The number of hydrogen-bond acceptors (Lipinski definition) is 6. The van der Waals surface area contributed by atoms with Gasteiger partial charge in [-0.3, -0.25) is 4.79 Å². The van der Waals surface area contributed by atoms with Gasteiger partial charge >= 0.3 is 5.97 Å². The summed E-state index contributed by atoms with van der Waals surface area (Å²) in [5.41, 5.74) is 4.82. The van der Waals surface area contributed by atoms with Crippen LogP contribution in [-0.2, 0) is 16.1 Å². The Morgan fingerprint density at radius 2 is 1.87 bits per heavy atom. The monoisotopic (exact) mass is 439 g/mol. The van der Waals surface area contributed by atoms with Crippen molar-refractivity contribution in [2.75, 3.05) is 20.3 Å². The van der Waals surface area contributed by atoms with E-state index in [9.17, 15) is 4.79 Å². The second-order valence-electron chi connectivity index (χ2n) is 6.68. The molecule has 162 valence electrons. The number of aliphatic carboxylic acids is 1. The Bertz CT molecular complexity index is 1010. The predicted octanol–water partition coefficient (Wildman–Crippen LogP) is 5.26. The molecule has 7 heteroatoms. The first-order valence-electron chi connectivity index (χ1n) is 9.94. The minimum atomic E-state index is -0.927. The van der Waals surface area contributed by atoms with E-state index in [4.69, 9.17) is 19.4 Å². The molecule has 1 N–H and O–H groups in total. The van der Waals surface area contributed by atoms with Gasteiger partial charge in [0, 0.05) is 5.56 Å². The Hall–Kier alpha value is -3.32. The van der Waals surface area contributed by atoms with Crippen molar-refractivity contribution in [1.82, 2.24) is 0 Å². The third kappa shape index (κ3) is 6.08. The maximum absolute atomic E-state index is 11.0. The van der Waals surface area contributed by atoms with Gasteiger partial charge in [-0.2, -0.15) is 11.3 Å². The number of methoxy groups -OCH3 is 1. The molecule has 6 nitrogen and oxygen atoms in total. The Kier molecular flexibility index (Phi) is 8.06. The summed E-state index contributed by atoms with van der Waals surface area (Å²) in [4.78, 5) is 16.5. The van der Waals surface area contributed by atoms with E-state index < -0.39 is 5.97 Å². The van der Waals surface area contributed by atoms with Crippen molar-refractivity contribution >= 4 is 23.0 Å². The Labute approximate surface area is 185 Å². The van der Waals surface area contributed by atoms with Crippen LogP contribution in [0.25, 0.3) is 11.1 Å². The molecule has 0 aliphatic rings. The number of nitrogens with zero attached hydrogens (tertiary/aromatic N) is 1. The second kappa shape index (κ2) is 11.2. The summed E-state index contributed by atoms with van der Waals surface area (Å²) in [6.07, 6.45) is 0.607. The molecule has 0 spiro atoms. The highest BCUT2D eigenvalue weighted by atomic mass is 32.1. The number of carboxylic acids is 1. The van der Waals surface area contributed by atoms with Crippen molar-refractivity contribution in [1.29, 1.82) is 0 Å².